The average molecular weight is 542 g/mol. The molecule has 0 bridgehead atoms. The van der Waals surface area contributed by atoms with Gasteiger partial charge in [0.1, 0.15) is 23.6 Å². The van der Waals surface area contributed by atoms with Crippen LogP contribution in [-0.4, -0.2) is 61.2 Å². The lowest BCUT2D eigenvalue weighted by molar-refractivity contribution is 0.0946. The van der Waals surface area contributed by atoms with Crippen molar-refractivity contribution in [3.63, 3.8) is 0 Å². The molecule has 0 atom stereocenters. The second-order valence-corrected chi connectivity index (χ2v) is 9.73. The first kappa shape index (κ1) is 27.2. The number of hydrogen-bond donors (Lipinski definition) is 2. The van der Waals surface area contributed by atoms with Crippen LogP contribution in [0.4, 0.5) is 5.82 Å². The lowest BCUT2D eigenvalue weighted by Gasteiger charge is -2.26. The zero-order chi connectivity index (χ0) is 27.7. The summed E-state index contributed by atoms with van der Waals surface area (Å²) in [6.45, 7) is 4.34. The molecule has 0 unspecified atom stereocenters. The van der Waals surface area contributed by atoms with E-state index in [1.807, 2.05) is 48.5 Å². The van der Waals surface area contributed by atoms with E-state index in [1.165, 1.54) is 25.6 Å². The fraction of sp³-hybridized carbons (Fsp3) is 0.323. The topological polar surface area (TPSA) is 97.8 Å². The second-order valence-electron chi connectivity index (χ2n) is 9.73. The van der Waals surface area contributed by atoms with Crippen molar-refractivity contribution in [2.45, 2.75) is 25.8 Å². The quantitative estimate of drug-likeness (QED) is 0.265. The van der Waals surface area contributed by atoms with Gasteiger partial charge in [0.15, 0.2) is 11.5 Å². The molecule has 5 rings (SSSR count). The Morgan fingerprint density at radius 1 is 0.900 bits per heavy atom. The van der Waals surface area contributed by atoms with Gasteiger partial charge in [0.25, 0.3) is 5.91 Å². The number of rotatable bonds is 11. The molecule has 2 N–H and O–H groups in total. The molecule has 1 amide bonds. The molecule has 1 fully saturated rings. The molecule has 1 aromatic heterocycles. The molecule has 0 saturated carbocycles. The van der Waals surface area contributed by atoms with Gasteiger partial charge in [0.2, 0.25) is 0 Å². The summed E-state index contributed by atoms with van der Waals surface area (Å²) in [7, 11) is 3.20. The predicted molar refractivity (Wildman–Crippen MR) is 156 cm³/mol. The molecule has 40 heavy (non-hydrogen) atoms. The maximum absolute atomic E-state index is 12.7. The van der Waals surface area contributed by atoms with Gasteiger partial charge in [-0.1, -0.05) is 24.6 Å². The molecule has 2 heterocycles. The van der Waals surface area contributed by atoms with Crippen LogP contribution in [0.25, 0.3) is 10.9 Å². The average Bonchev–Trinajstić information content (AvgIpc) is 3.00. The van der Waals surface area contributed by atoms with Gasteiger partial charge in [-0.05, 0) is 67.9 Å². The Kier molecular flexibility index (Phi) is 8.93. The highest BCUT2D eigenvalue weighted by Gasteiger charge is 2.13. The van der Waals surface area contributed by atoms with Crippen molar-refractivity contribution in [2.75, 3.05) is 45.7 Å². The molecular weight excluding hydrogens is 506 g/mol. The first-order valence-corrected chi connectivity index (χ1v) is 13.6. The van der Waals surface area contributed by atoms with Crippen LogP contribution in [-0.2, 0) is 6.54 Å². The highest BCUT2D eigenvalue weighted by Crippen LogP contribution is 2.33. The Balaban J connectivity index is 1.16. The Morgan fingerprint density at radius 3 is 2.45 bits per heavy atom. The number of nitrogens with one attached hydrogen (secondary N) is 2. The smallest absolute Gasteiger partial charge is 0.251 e. The van der Waals surface area contributed by atoms with Crippen molar-refractivity contribution in [2.24, 2.45) is 0 Å². The van der Waals surface area contributed by atoms with Gasteiger partial charge in [-0.2, -0.15) is 0 Å². The van der Waals surface area contributed by atoms with E-state index in [0.717, 1.165) is 36.1 Å². The first-order chi connectivity index (χ1) is 19.6. The SMILES string of the molecule is COc1cc2ncnc(NCc3ccc(Oc4cccc(C(=O)NCCN5CCCCC5)c4)cc3)c2cc1OC. The molecule has 0 spiro atoms. The summed E-state index contributed by atoms with van der Waals surface area (Å²) in [5, 5.41) is 7.26. The normalized spacial score (nSPS) is 13.6. The minimum absolute atomic E-state index is 0.0859. The molecule has 1 aliphatic heterocycles. The van der Waals surface area contributed by atoms with Crippen LogP contribution in [0.15, 0.2) is 67.0 Å². The monoisotopic (exact) mass is 541 g/mol. The number of fused-ring (bicyclic) bond motifs is 1. The van der Waals surface area contributed by atoms with E-state index in [-0.39, 0.29) is 5.91 Å². The van der Waals surface area contributed by atoms with Gasteiger partial charge < -0.3 is 29.7 Å². The number of amides is 1. The molecule has 0 radical (unpaired) electrons. The van der Waals surface area contributed by atoms with Crippen LogP contribution in [0.1, 0.15) is 35.2 Å². The number of benzene rings is 3. The number of aromatic nitrogens is 2. The third-order valence-corrected chi connectivity index (χ3v) is 7.02. The summed E-state index contributed by atoms with van der Waals surface area (Å²) in [5.41, 5.74) is 2.40. The maximum atomic E-state index is 12.7. The number of nitrogens with zero attached hydrogens (tertiary/aromatic N) is 3. The van der Waals surface area contributed by atoms with Crippen molar-refractivity contribution in [3.8, 4) is 23.0 Å². The fourth-order valence-corrected chi connectivity index (χ4v) is 4.83. The summed E-state index contributed by atoms with van der Waals surface area (Å²) in [5.74, 6) is 3.17. The zero-order valence-electron chi connectivity index (χ0n) is 23.0. The molecule has 9 heteroatoms. The van der Waals surface area contributed by atoms with E-state index in [1.54, 1.807) is 26.4 Å². The summed E-state index contributed by atoms with van der Waals surface area (Å²) < 4.78 is 16.9. The van der Waals surface area contributed by atoms with Crippen molar-refractivity contribution in [1.29, 1.82) is 0 Å². The molecule has 208 valence electrons. The lowest BCUT2D eigenvalue weighted by atomic mass is 10.1. The van der Waals surface area contributed by atoms with Gasteiger partial charge in [-0.3, -0.25) is 4.79 Å². The van der Waals surface area contributed by atoms with Gasteiger partial charge in [-0.15, -0.1) is 0 Å². The Hall–Kier alpha value is -4.37. The van der Waals surface area contributed by atoms with E-state index in [9.17, 15) is 4.79 Å². The Bertz CT molecular complexity index is 1440. The third-order valence-electron chi connectivity index (χ3n) is 7.02. The van der Waals surface area contributed by atoms with E-state index in [2.05, 4.69) is 25.5 Å². The van der Waals surface area contributed by atoms with E-state index in [4.69, 9.17) is 14.2 Å². The van der Waals surface area contributed by atoms with E-state index >= 15 is 0 Å². The molecular formula is C31H35N5O4. The minimum atomic E-state index is -0.0859. The number of hydrogen-bond acceptors (Lipinski definition) is 8. The van der Waals surface area contributed by atoms with Crippen LogP contribution in [0, 0.1) is 0 Å². The number of anilines is 1. The van der Waals surface area contributed by atoms with Gasteiger partial charge >= 0.3 is 0 Å². The van der Waals surface area contributed by atoms with Crippen LogP contribution < -0.4 is 24.8 Å². The van der Waals surface area contributed by atoms with Crippen molar-refractivity contribution < 1.29 is 19.0 Å². The van der Waals surface area contributed by atoms with Crippen molar-refractivity contribution in [1.82, 2.24) is 20.2 Å². The number of likely N-dealkylation sites (tertiary alicyclic amines) is 1. The van der Waals surface area contributed by atoms with Gasteiger partial charge in [0, 0.05) is 36.7 Å². The molecule has 0 aliphatic carbocycles. The van der Waals surface area contributed by atoms with Gasteiger partial charge in [-0.25, -0.2) is 9.97 Å². The standard InChI is InChI=1S/C31H35N5O4/c1-38-28-18-26-27(19-29(28)39-2)34-21-35-30(26)33-20-22-9-11-24(12-10-22)40-25-8-6-7-23(17-25)31(37)32-13-16-36-14-4-3-5-15-36/h6-12,17-19,21H,3-5,13-16,20H2,1-2H3,(H,32,37)(H,33,34,35). The second kappa shape index (κ2) is 13.1. The van der Waals surface area contributed by atoms with Crippen LogP contribution >= 0.6 is 0 Å². The first-order valence-electron chi connectivity index (χ1n) is 13.6. The molecule has 1 saturated heterocycles. The van der Waals surface area contributed by atoms with Crippen LogP contribution in [0.5, 0.6) is 23.0 Å². The number of carbonyl (C=O) groups is 1. The summed E-state index contributed by atoms with van der Waals surface area (Å²) in [6, 6.07) is 18.8. The predicted octanol–water partition coefficient (Wildman–Crippen LogP) is 5.27. The molecule has 1 aliphatic rings. The summed E-state index contributed by atoms with van der Waals surface area (Å²) in [4.78, 5) is 23.8. The molecule has 9 nitrogen and oxygen atoms in total. The van der Waals surface area contributed by atoms with Crippen molar-refractivity contribution in [3.05, 3.63) is 78.1 Å². The minimum Gasteiger partial charge on any atom is -0.493 e. The lowest BCUT2D eigenvalue weighted by Crippen LogP contribution is -2.37. The maximum Gasteiger partial charge on any atom is 0.251 e. The summed E-state index contributed by atoms with van der Waals surface area (Å²) in [6.07, 6.45) is 5.32. The number of carbonyl (C=O) groups excluding carboxylic acids is 1. The highest BCUT2D eigenvalue weighted by molar-refractivity contribution is 5.94. The number of ether oxygens (including phenoxy) is 3. The largest absolute Gasteiger partial charge is 0.493 e. The summed E-state index contributed by atoms with van der Waals surface area (Å²) >= 11 is 0. The van der Waals surface area contributed by atoms with E-state index < -0.39 is 0 Å². The highest BCUT2D eigenvalue weighted by atomic mass is 16.5. The van der Waals surface area contributed by atoms with Gasteiger partial charge in [0.05, 0.1) is 19.7 Å². The number of methoxy groups -OCH3 is 2. The fourth-order valence-electron chi connectivity index (χ4n) is 4.83. The zero-order valence-corrected chi connectivity index (χ0v) is 23.0. The van der Waals surface area contributed by atoms with E-state index in [0.29, 0.717) is 47.5 Å². The Morgan fingerprint density at radius 2 is 1.68 bits per heavy atom. The van der Waals surface area contributed by atoms with Crippen LogP contribution in [0.3, 0.4) is 0 Å². The number of piperidine rings is 1. The van der Waals surface area contributed by atoms with Crippen LogP contribution in [0.2, 0.25) is 0 Å². The van der Waals surface area contributed by atoms with Crippen molar-refractivity contribution >= 4 is 22.6 Å². The molecule has 4 aromatic rings. The molecule has 3 aromatic carbocycles. The Labute approximate surface area is 234 Å². The third kappa shape index (κ3) is 6.79.